The molecule has 320 valence electrons. The van der Waals surface area contributed by atoms with E-state index in [9.17, 15) is 18.8 Å². The molecule has 0 bridgehead atoms. The first-order chi connectivity index (χ1) is 28.9. The van der Waals surface area contributed by atoms with E-state index in [2.05, 4.69) is 20.4 Å². The van der Waals surface area contributed by atoms with Crippen LogP contribution in [-0.2, 0) is 33.8 Å². The molecule has 60 heavy (non-hydrogen) atoms. The highest BCUT2D eigenvalue weighted by atomic mass is 35.5. The molecule has 0 saturated carbocycles. The normalized spacial score (nSPS) is 15.9. The lowest BCUT2D eigenvalue weighted by atomic mass is 9.88. The zero-order valence-corrected chi connectivity index (χ0v) is 35.8. The van der Waals surface area contributed by atoms with Gasteiger partial charge in [0, 0.05) is 55.4 Å². The second kappa shape index (κ2) is 20.9. The third kappa shape index (κ3) is 12.4. The first-order valence-electron chi connectivity index (χ1n) is 20.9. The number of anilines is 1. The molecule has 11 nitrogen and oxygen atoms in total. The zero-order chi connectivity index (χ0) is 42.6. The van der Waals surface area contributed by atoms with Crippen molar-refractivity contribution in [1.82, 2.24) is 20.0 Å². The van der Waals surface area contributed by atoms with Crippen molar-refractivity contribution in [2.75, 3.05) is 57.7 Å². The first-order valence-corrected chi connectivity index (χ1v) is 21.2. The molecule has 2 N–H and O–H groups in total. The molecule has 2 fully saturated rings. The molecule has 2 saturated heterocycles. The maximum absolute atomic E-state index is 14.8. The highest BCUT2D eigenvalue weighted by Gasteiger charge is 2.37. The minimum atomic E-state index is -0.758. The monoisotopic (exact) mass is 841 g/mol. The molecule has 0 radical (unpaired) electrons. The average molecular weight is 842 g/mol. The first kappa shape index (κ1) is 44.4. The van der Waals surface area contributed by atoms with Crippen molar-refractivity contribution >= 4 is 35.4 Å². The Hall–Kier alpha value is -5.17. The van der Waals surface area contributed by atoms with Gasteiger partial charge in [0.2, 0.25) is 5.91 Å². The fourth-order valence-electron chi connectivity index (χ4n) is 7.86. The fourth-order valence-corrected chi connectivity index (χ4v) is 8.06. The predicted octanol–water partition coefficient (Wildman–Crippen LogP) is 8.79. The van der Waals surface area contributed by atoms with E-state index < -0.39 is 23.8 Å². The number of likely N-dealkylation sites (tertiary alicyclic amines) is 1. The van der Waals surface area contributed by atoms with Crippen LogP contribution in [-0.4, -0.2) is 96.9 Å². The van der Waals surface area contributed by atoms with Crippen LogP contribution in [0.25, 0.3) is 11.1 Å². The number of halogens is 2. The number of piperidine rings is 1. The largest absolute Gasteiger partial charge is 0.493 e. The van der Waals surface area contributed by atoms with Crippen LogP contribution in [0.5, 0.6) is 5.75 Å². The van der Waals surface area contributed by atoms with Gasteiger partial charge in [0.15, 0.2) is 0 Å². The van der Waals surface area contributed by atoms with Gasteiger partial charge in [-0.25, -0.2) is 14.0 Å². The number of ether oxygens (including phenoxy) is 3. The zero-order valence-electron chi connectivity index (χ0n) is 35.1. The second-order valence-corrected chi connectivity index (χ2v) is 16.8. The topological polar surface area (TPSA) is 113 Å². The predicted molar refractivity (Wildman–Crippen MR) is 233 cm³/mol. The van der Waals surface area contributed by atoms with Gasteiger partial charge in [-0.3, -0.25) is 15.0 Å². The number of piperazine rings is 1. The van der Waals surface area contributed by atoms with Gasteiger partial charge in [-0.15, -0.1) is 0 Å². The van der Waals surface area contributed by atoms with E-state index in [1.165, 1.54) is 6.07 Å². The summed E-state index contributed by atoms with van der Waals surface area (Å²) in [7, 11) is 0. The molecule has 0 aliphatic carbocycles. The quantitative estimate of drug-likeness (QED) is 0.130. The minimum Gasteiger partial charge on any atom is -0.493 e. The van der Waals surface area contributed by atoms with E-state index in [1.54, 1.807) is 12.1 Å². The number of nitrogens with one attached hydrogen (secondary N) is 2. The van der Waals surface area contributed by atoms with Crippen molar-refractivity contribution in [1.29, 1.82) is 0 Å². The van der Waals surface area contributed by atoms with Crippen LogP contribution in [0.2, 0.25) is 5.02 Å². The Kier molecular flexibility index (Phi) is 15.4. The summed E-state index contributed by atoms with van der Waals surface area (Å²) in [5, 5.41) is 6.51. The number of nitrogens with zero attached hydrogens (tertiary/aromatic N) is 3. The number of carbonyl (C=O) groups excluding carboxylic acids is 3. The van der Waals surface area contributed by atoms with Gasteiger partial charge in [0.1, 0.15) is 29.8 Å². The molecule has 2 aliphatic heterocycles. The molecule has 13 heteroatoms. The highest BCUT2D eigenvalue weighted by molar-refractivity contribution is 6.30. The van der Waals surface area contributed by atoms with Gasteiger partial charge in [0.25, 0.3) is 0 Å². The Morgan fingerprint density at radius 1 is 0.833 bits per heavy atom. The van der Waals surface area contributed by atoms with E-state index in [0.29, 0.717) is 80.6 Å². The van der Waals surface area contributed by atoms with Crippen LogP contribution in [0.1, 0.15) is 57.2 Å². The average Bonchev–Trinajstić information content (AvgIpc) is 3.23. The lowest BCUT2D eigenvalue weighted by molar-refractivity contribution is -0.137. The molecule has 4 aromatic rings. The summed E-state index contributed by atoms with van der Waals surface area (Å²) < 4.78 is 31.7. The van der Waals surface area contributed by atoms with Gasteiger partial charge in [-0.05, 0) is 113 Å². The Bertz CT molecular complexity index is 2060. The van der Waals surface area contributed by atoms with Crippen LogP contribution in [0.4, 0.5) is 19.7 Å². The fraction of sp³-hybridized carbons (Fsp3) is 0.426. The summed E-state index contributed by atoms with van der Waals surface area (Å²) in [6.07, 6.45) is 0.956. The van der Waals surface area contributed by atoms with Gasteiger partial charge in [-0.1, -0.05) is 72.3 Å². The number of hydrogen-bond acceptors (Lipinski definition) is 8. The number of para-hydroxylation sites is 1. The Morgan fingerprint density at radius 2 is 1.55 bits per heavy atom. The van der Waals surface area contributed by atoms with Gasteiger partial charge < -0.3 is 29.3 Å². The maximum atomic E-state index is 14.8. The molecular formula is C47H57ClFN5O6. The number of alkyl carbamates (subject to hydrolysis) is 1. The summed E-state index contributed by atoms with van der Waals surface area (Å²) in [6, 6.07) is 27.0. The maximum Gasteiger partial charge on any atom is 0.412 e. The van der Waals surface area contributed by atoms with Crippen LogP contribution in [0.3, 0.4) is 0 Å². The Balaban J connectivity index is 1.09. The van der Waals surface area contributed by atoms with Crippen LogP contribution in [0.15, 0.2) is 91.0 Å². The molecule has 0 unspecified atom stereocenters. The van der Waals surface area contributed by atoms with Crippen molar-refractivity contribution in [2.45, 2.75) is 71.8 Å². The number of hydrogen-bond donors (Lipinski definition) is 2. The number of benzene rings is 4. The van der Waals surface area contributed by atoms with Crippen molar-refractivity contribution < 1.29 is 33.0 Å². The Morgan fingerprint density at radius 3 is 2.27 bits per heavy atom. The number of carbonyl (C=O) groups is 3. The van der Waals surface area contributed by atoms with Crippen molar-refractivity contribution in [2.24, 2.45) is 5.92 Å². The standard InChI is InChI=1S/C47H57ClFN5O6/c1-5-58-42-17-11-15-40(49)39(42)31-53-26-28-54(29-27-53)44(55)43(51-45(56)59-32-33-12-7-6-8-13-33)34-20-23-52(24-21-34)25-22-35-30-36(48)18-19-37(35)38-14-9-10-16-41(38)50-46(57)60-47(2,3)4/h6-19,30,34,43H,5,20-29,31-32H2,1-4H3,(H,50,57)(H,51,56)/t43-/m1/s1. The molecular weight excluding hydrogens is 785 g/mol. The van der Waals surface area contributed by atoms with E-state index in [-0.39, 0.29) is 24.2 Å². The smallest absolute Gasteiger partial charge is 0.412 e. The van der Waals surface area contributed by atoms with Gasteiger partial charge >= 0.3 is 12.2 Å². The highest BCUT2D eigenvalue weighted by Crippen LogP contribution is 2.34. The third-order valence-corrected chi connectivity index (χ3v) is 11.1. The van der Waals surface area contributed by atoms with Crippen molar-refractivity contribution in [3.8, 4) is 16.9 Å². The van der Waals surface area contributed by atoms with Gasteiger partial charge in [0.05, 0.1) is 12.3 Å². The molecule has 4 aromatic carbocycles. The minimum absolute atomic E-state index is 0.0948. The summed E-state index contributed by atoms with van der Waals surface area (Å²) in [4.78, 5) is 46.6. The molecule has 2 aliphatic rings. The third-order valence-electron chi connectivity index (χ3n) is 10.9. The van der Waals surface area contributed by atoms with Gasteiger partial charge in [-0.2, -0.15) is 0 Å². The SMILES string of the molecule is CCOc1cccc(F)c1CN1CCN(C(=O)[C@H](NC(=O)OCc2ccccc2)C2CCN(CCc3cc(Cl)ccc3-c3ccccc3NC(=O)OC(C)(C)C)CC2)CC1. The van der Waals surface area contributed by atoms with Crippen molar-refractivity contribution in [3.05, 3.63) is 119 Å². The second-order valence-electron chi connectivity index (χ2n) is 16.3. The van der Waals surface area contributed by atoms with Crippen molar-refractivity contribution in [3.63, 3.8) is 0 Å². The summed E-state index contributed by atoms with van der Waals surface area (Å²) in [5.41, 5.74) is 4.25. The van der Waals surface area contributed by atoms with E-state index >= 15 is 0 Å². The molecule has 0 spiro atoms. The van der Waals surface area contributed by atoms with E-state index in [0.717, 1.165) is 41.9 Å². The van der Waals surface area contributed by atoms with Crippen LogP contribution < -0.4 is 15.4 Å². The molecule has 0 aromatic heterocycles. The summed E-state index contributed by atoms with van der Waals surface area (Å²) >= 11 is 6.53. The molecule has 3 amide bonds. The summed E-state index contributed by atoms with van der Waals surface area (Å²) in [6.45, 7) is 12.5. The molecule has 2 heterocycles. The molecule has 1 atom stereocenters. The Labute approximate surface area is 358 Å². The number of amides is 3. The summed E-state index contributed by atoms with van der Waals surface area (Å²) in [5.74, 6) is -0.00906. The van der Waals surface area contributed by atoms with E-state index in [1.807, 2.05) is 105 Å². The molecule has 6 rings (SSSR count). The van der Waals surface area contributed by atoms with Crippen LogP contribution >= 0.6 is 11.6 Å². The number of rotatable bonds is 14. The lowest BCUT2D eigenvalue weighted by Crippen LogP contribution is -2.58. The van der Waals surface area contributed by atoms with Crippen LogP contribution in [0, 0.1) is 11.7 Å². The lowest BCUT2D eigenvalue weighted by Gasteiger charge is -2.40. The van der Waals surface area contributed by atoms with E-state index in [4.69, 9.17) is 25.8 Å².